The molecular weight excluding hydrogens is 422 g/mol. The van der Waals surface area contributed by atoms with Gasteiger partial charge < -0.3 is 24.5 Å². The molecule has 0 aliphatic carbocycles. The third-order valence-corrected chi connectivity index (χ3v) is 5.74. The molecule has 1 aliphatic rings. The summed E-state index contributed by atoms with van der Waals surface area (Å²) in [5.41, 5.74) is 4.01. The van der Waals surface area contributed by atoms with Crippen molar-refractivity contribution < 1.29 is 24.5 Å². The summed E-state index contributed by atoms with van der Waals surface area (Å²) in [6, 6.07) is 20.8. The lowest BCUT2D eigenvalue weighted by molar-refractivity contribution is -0.179. The molecule has 0 spiro atoms. The maximum atomic E-state index is 10.4. The highest BCUT2D eigenvalue weighted by Crippen LogP contribution is 2.34. The van der Waals surface area contributed by atoms with Crippen LogP contribution in [0.15, 0.2) is 77.3 Å². The van der Waals surface area contributed by atoms with Crippen LogP contribution in [0.5, 0.6) is 0 Å². The zero-order valence-corrected chi connectivity index (χ0v) is 17.7. The Bertz CT molecular complexity index is 1210. The van der Waals surface area contributed by atoms with Crippen LogP contribution in [0.1, 0.15) is 18.1 Å². The lowest BCUT2D eigenvalue weighted by Gasteiger charge is -2.37. The molecular formula is C25H23N3O5. The van der Waals surface area contributed by atoms with Crippen molar-refractivity contribution >= 4 is 0 Å². The van der Waals surface area contributed by atoms with E-state index in [1.165, 1.54) is 0 Å². The maximum Gasteiger partial charge on any atom is 0.266 e. The minimum atomic E-state index is -1.06. The van der Waals surface area contributed by atoms with Gasteiger partial charge in [-0.15, -0.1) is 10.2 Å². The quantitative estimate of drug-likeness (QED) is 0.429. The Morgan fingerprint density at radius 3 is 2.39 bits per heavy atom. The maximum absolute atomic E-state index is 10.4. The molecule has 8 nitrogen and oxygen atoms in total. The summed E-state index contributed by atoms with van der Waals surface area (Å²) in [6.45, 7) is -0.209. The number of hydrogen-bond acceptors (Lipinski definition) is 8. The van der Waals surface area contributed by atoms with E-state index in [0.717, 1.165) is 22.3 Å². The summed E-state index contributed by atoms with van der Waals surface area (Å²) in [4.78, 5) is 4.22. The first-order chi connectivity index (χ1) is 16.1. The number of aromatic nitrogens is 3. The number of hydrogen-bond donors (Lipinski definition) is 3. The van der Waals surface area contributed by atoms with Gasteiger partial charge in [0.15, 0.2) is 0 Å². The second-order valence-corrected chi connectivity index (χ2v) is 7.99. The summed E-state index contributed by atoms with van der Waals surface area (Å²) in [7, 11) is 0. The third-order valence-electron chi connectivity index (χ3n) is 5.74. The molecule has 8 heteroatoms. The number of aliphatic hydroxyl groups is 3. The summed E-state index contributed by atoms with van der Waals surface area (Å²) in [5.74, 6) is 0.760. The van der Waals surface area contributed by atoms with Gasteiger partial charge in [-0.1, -0.05) is 36.4 Å². The van der Waals surface area contributed by atoms with Crippen molar-refractivity contribution in [2.24, 2.45) is 0 Å². The summed E-state index contributed by atoms with van der Waals surface area (Å²) < 4.78 is 11.6. The highest BCUT2D eigenvalue weighted by Gasteiger charge is 2.37. The summed E-state index contributed by atoms with van der Waals surface area (Å²) >= 11 is 0. The lowest BCUT2D eigenvalue weighted by Crippen LogP contribution is -2.44. The third kappa shape index (κ3) is 4.42. The van der Waals surface area contributed by atoms with Gasteiger partial charge in [-0.2, -0.15) is 0 Å². The number of rotatable bonds is 5. The molecule has 4 aromatic rings. The smallest absolute Gasteiger partial charge is 0.266 e. The number of nitrogens with zero attached hydrogens (tertiary/aromatic N) is 3. The first kappa shape index (κ1) is 21.4. The SMILES string of the molecule is OC[C@@H]1C[C@H](O)[C@H](O)[C@@H](c2cccc(-c3ccc(-c4nnc(-c5ccccn5)o4)cc3)c2)O1. The minimum Gasteiger partial charge on any atom is -0.415 e. The van der Waals surface area contributed by atoms with E-state index in [4.69, 9.17) is 9.15 Å². The van der Waals surface area contributed by atoms with Crippen LogP contribution in [0.4, 0.5) is 0 Å². The fraction of sp³-hybridized carbons (Fsp3) is 0.240. The Morgan fingerprint density at radius 2 is 1.64 bits per heavy atom. The number of ether oxygens (including phenoxy) is 1. The number of aliphatic hydroxyl groups excluding tert-OH is 3. The van der Waals surface area contributed by atoms with E-state index in [9.17, 15) is 15.3 Å². The second-order valence-electron chi connectivity index (χ2n) is 7.99. The predicted molar refractivity (Wildman–Crippen MR) is 120 cm³/mol. The van der Waals surface area contributed by atoms with Gasteiger partial charge in [-0.25, -0.2) is 0 Å². The van der Waals surface area contributed by atoms with Crippen molar-refractivity contribution in [2.75, 3.05) is 6.61 Å². The first-order valence-corrected chi connectivity index (χ1v) is 10.7. The van der Waals surface area contributed by atoms with E-state index in [0.29, 0.717) is 17.5 Å². The minimum absolute atomic E-state index is 0.201. The molecule has 5 rings (SSSR count). The molecule has 168 valence electrons. The van der Waals surface area contributed by atoms with E-state index in [1.807, 2.05) is 66.7 Å². The molecule has 2 aromatic carbocycles. The molecule has 3 heterocycles. The molecule has 1 fully saturated rings. The number of pyridine rings is 1. The van der Waals surface area contributed by atoms with E-state index in [-0.39, 0.29) is 13.0 Å². The Hall–Kier alpha value is -3.43. The van der Waals surface area contributed by atoms with Crippen LogP contribution < -0.4 is 0 Å². The first-order valence-electron chi connectivity index (χ1n) is 10.7. The van der Waals surface area contributed by atoms with E-state index in [2.05, 4.69) is 15.2 Å². The second kappa shape index (κ2) is 9.21. The van der Waals surface area contributed by atoms with Crippen molar-refractivity contribution in [1.82, 2.24) is 15.2 Å². The molecule has 1 saturated heterocycles. The molecule has 2 aromatic heterocycles. The highest BCUT2D eigenvalue weighted by molar-refractivity contribution is 5.68. The Morgan fingerprint density at radius 1 is 0.848 bits per heavy atom. The Balaban J connectivity index is 1.37. The molecule has 1 aliphatic heterocycles. The molecule has 4 atom stereocenters. The van der Waals surface area contributed by atoms with Gasteiger partial charge in [0, 0.05) is 18.2 Å². The fourth-order valence-electron chi connectivity index (χ4n) is 3.98. The topological polar surface area (TPSA) is 122 Å². The largest absolute Gasteiger partial charge is 0.415 e. The van der Waals surface area contributed by atoms with Gasteiger partial charge in [-0.3, -0.25) is 4.98 Å². The molecule has 0 bridgehead atoms. The van der Waals surface area contributed by atoms with Crippen molar-refractivity contribution in [3.8, 4) is 34.2 Å². The van der Waals surface area contributed by atoms with Crippen molar-refractivity contribution in [3.05, 3.63) is 78.5 Å². The Kier molecular flexibility index (Phi) is 5.97. The normalized spacial score (nSPS) is 22.9. The standard InChI is InChI=1S/C25H23N3O5/c29-14-19-13-21(30)22(31)23(32-19)18-5-3-4-17(12-18)15-7-9-16(10-8-15)24-27-28-25(33-24)20-6-1-2-11-26-20/h1-12,19,21-23,29-31H,13-14H2/t19-,21-,22-,23+/m0/s1. The number of benzene rings is 2. The molecule has 33 heavy (non-hydrogen) atoms. The zero-order valence-electron chi connectivity index (χ0n) is 17.7. The van der Waals surface area contributed by atoms with Gasteiger partial charge in [0.2, 0.25) is 5.89 Å². The zero-order chi connectivity index (χ0) is 22.8. The average Bonchev–Trinajstić information content (AvgIpc) is 3.37. The van der Waals surface area contributed by atoms with Crippen LogP contribution in [0.25, 0.3) is 34.2 Å². The van der Waals surface area contributed by atoms with Crippen LogP contribution >= 0.6 is 0 Å². The van der Waals surface area contributed by atoms with Crippen molar-refractivity contribution in [3.63, 3.8) is 0 Å². The van der Waals surface area contributed by atoms with Crippen LogP contribution in [-0.4, -0.2) is 55.4 Å². The predicted octanol–water partition coefficient (Wildman–Crippen LogP) is 3.01. The lowest BCUT2D eigenvalue weighted by atomic mass is 9.91. The summed E-state index contributed by atoms with van der Waals surface area (Å²) in [5, 5.41) is 38.2. The Labute approximate surface area is 190 Å². The molecule has 0 radical (unpaired) electrons. The van der Waals surface area contributed by atoms with Crippen molar-refractivity contribution in [1.29, 1.82) is 0 Å². The van der Waals surface area contributed by atoms with E-state index < -0.39 is 24.4 Å². The molecule has 0 unspecified atom stereocenters. The van der Waals surface area contributed by atoms with Crippen molar-refractivity contribution in [2.45, 2.75) is 30.8 Å². The van der Waals surface area contributed by atoms with E-state index in [1.54, 1.807) is 6.20 Å². The van der Waals surface area contributed by atoms with E-state index >= 15 is 0 Å². The van der Waals surface area contributed by atoms with Crippen LogP contribution in [0.2, 0.25) is 0 Å². The van der Waals surface area contributed by atoms with Crippen LogP contribution in [-0.2, 0) is 4.74 Å². The van der Waals surface area contributed by atoms with Gasteiger partial charge >= 0.3 is 0 Å². The van der Waals surface area contributed by atoms with Gasteiger partial charge in [0.25, 0.3) is 5.89 Å². The molecule has 0 amide bonds. The summed E-state index contributed by atoms with van der Waals surface area (Å²) in [6.07, 6.45) is -1.36. The molecule has 0 saturated carbocycles. The van der Waals surface area contributed by atoms with Gasteiger partial charge in [0.05, 0.1) is 18.8 Å². The van der Waals surface area contributed by atoms with Crippen LogP contribution in [0.3, 0.4) is 0 Å². The van der Waals surface area contributed by atoms with Crippen LogP contribution in [0, 0.1) is 0 Å². The average molecular weight is 445 g/mol. The monoisotopic (exact) mass is 445 g/mol. The highest BCUT2D eigenvalue weighted by atomic mass is 16.5. The molecule has 3 N–H and O–H groups in total. The fourth-order valence-corrected chi connectivity index (χ4v) is 3.98. The van der Waals surface area contributed by atoms with Gasteiger partial charge in [-0.05, 0) is 47.0 Å². The van der Waals surface area contributed by atoms with Gasteiger partial charge in [0.1, 0.15) is 17.9 Å².